The van der Waals surface area contributed by atoms with E-state index in [1.54, 1.807) is 0 Å². The number of hydrogen-bond donors (Lipinski definition) is 0. The third kappa shape index (κ3) is 2.72. The molecule has 1 heterocycles. The predicted octanol–water partition coefficient (Wildman–Crippen LogP) is 2.78. The van der Waals surface area contributed by atoms with Crippen molar-refractivity contribution in [2.45, 2.75) is 44.1 Å². The molecular formula is C20H26N2O2. The maximum atomic E-state index is 12.8. The Kier molecular flexibility index (Phi) is 3.86. The van der Waals surface area contributed by atoms with E-state index in [1.807, 2.05) is 35.0 Å². The molecule has 128 valence electrons. The fraction of sp³-hybridized carbons (Fsp3) is 0.600. The molecule has 1 saturated heterocycles. The minimum Gasteiger partial charge on any atom is -0.342 e. The molecule has 0 bridgehead atoms. The van der Waals surface area contributed by atoms with Gasteiger partial charge in [-0.25, -0.2) is 0 Å². The second kappa shape index (κ2) is 5.91. The first-order chi connectivity index (χ1) is 11.6. The molecule has 3 aliphatic rings. The average molecular weight is 326 g/mol. The van der Waals surface area contributed by atoms with E-state index in [1.165, 1.54) is 5.56 Å². The monoisotopic (exact) mass is 326 g/mol. The van der Waals surface area contributed by atoms with E-state index < -0.39 is 0 Å². The summed E-state index contributed by atoms with van der Waals surface area (Å²) in [5.41, 5.74) is 0.946. The van der Waals surface area contributed by atoms with Crippen molar-refractivity contribution in [1.29, 1.82) is 0 Å². The molecule has 1 aromatic rings. The highest BCUT2D eigenvalue weighted by molar-refractivity contribution is 5.82. The van der Waals surface area contributed by atoms with Gasteiger partial charge in [0.15, 0.2) is 0 Å². The van der Waals surface area contributed by atoms with Crippen molar-refractivity contribution in [2.75, 3.05) is 20.1 Å². The molecular weight excluding hydrogens is 300 g/mol. The van der Waals surface area contributed by atoms with Gasteiger partial charge in [-0.1, -0.05) is 30.3 Å². The lowest BCUT2D eigenvalue weighted by Crippen LogP contribution is -2.55. The third-order valence-electron chi connectivity index (χ3n) is 6.04. The molecule has 2 aliphatic carbocycles. The number of hydrogen-bond acceptors (Lipinski definition) is 2. The second-order valence-corrected chi connectivity index (χ2v) is 7.67. The van der Waals surface area contributed by atoms with Crippen molar-refractivity contribution in [1.82, 2.24) is 9.80 Å². The van der Waals surface area contributed by atoms with Gasteiger partial charge in [-0.2, -0.15) is 0 Å². The zero-order valence-corrected chi connectivity index (χ0v) is 14.4. The van der Waals surface area contributed by atoms with Gasteiger partial charge in [0.1, 0.15) is 0 Å². The van der Waals surface area contributed by atoms with E-state index in [4.69, 9.17) is 0 Å². The smallest absolute Gasteiger partial charge is 0.226 e. The van der Waals surface area contributed by atoms with Crippen molar-refractivity contribution >= 4 is 11.8 Å². The molecule has 0 radical (unpaired) electrons. The summed E-state index contributed by atoms with van der Waals surface area (Å²) in [4.78, 5) is 29.2. The fourth-order valence-corrected chi connectivity index (χ4v) is 4.07. The summed E-state index contributed by atoms with van der Waals surface area (Å²) < 4.78 is 0. The van der Waals surface area contributed by atoms with E-state index in [-0.39, 0.29) is 23.3 Å². The summed E-state index contributed by atoms with van der Waals surface area (Å²) in [6.07, 6.45) is 5.84. The number of likely N-dealkylation sites (tertiary alicyclic amines) is 1. The summed E-state index contributed by atoms with van der Waals surface area (Å²) in [5, 5.41) is 0. The van der Waals surface area contributed by atoms with Crippen LogP contribution in [0.15, 0.2) is 30.3 Å². The van der Waals surface area contributed by atoms with Gasteiger partial charge in [0, 0.05) is 32.0 Å². The molecule has 0 unspecified atom stereocenters. The zero-order valence-electron chi connectivity index (χ0n) is 14.4. The minimum atomic E-state index is -0.263. The number of amides is 2. The Morgan fingerprint density at radius 3 is 2.12 bits per heavy atom. The lowest BCUT2D eigenvalue weighted by molar-refractivity contribution is -0.142. The fourth-order valence-electron chi connectivity index (χ4n) is 4.07. The van der Waals surface area contributed by atoms with Crippen molar-refractivity contribution in [3.8, 4) is 0 Å². The van der Waals surface area contributed by atoms with E-state index in [0.717, 1.165) is 51.6 Å². The largest absolute Gasteiger partial charge is 0.342 e. The Morgan fingerprint density at radius 1 is 1.00 bits per heavy atom. The van der Waals surface area contributed by atoms with Crippen LogP contribution in [0.4, 0.5) is 0 Å². The average Bonchev–Trinajstić information content (AvgIpc) is 3.52. The van der Waals surface area contributed by atoms with Crippen LogP contribution in [-0.4, -0.2) is 41.8 Å². The van der Waals surface area contributed by atoms with Gasteiger partial charge in [-0.15, -0.1) is 0 Å². The van der Waals surface area contributed by atoms with E-state index >= 15 is 0 Å². The number of benzene rings is 1. The topological polar surface area (TPSA) is 40.6 Å². The molecule has 2 saturated carbocycles. The Bertz CT molecular complexity index is 626. The normalized spacial score (nSPS) is 23.0. The van der Waals surface area contributed by atoms with Crippen LogP contribution >= 0.6 is 0 Å². The van der Waals surface area contributed by atoms with Gasteiger partial charge in [0.2, 0.25) is 11.8 Å². The highest BCUT2D eigenvalue weighted by atomic mass is 16.2. The summed E-state index contributed by atoms with van der Waals surface area (Å²) in [6.45, 7) is 1.51. The Morgan fingerprint density at radius 2 is 1.58 bits per heavy atom. The van der Waals surface area contributed by atoms with Gasteiger partial charge >= 0.3 is 0 Å². The Labute approximate surface area is 143 Å². The van der Waals surface area contributed by atoms with Gasteiger partial charge in [0.05, 0.1) is 5.54 Å². The predicted molar refractivity (Wildman–Crippen MR) is 92.2 cm³/mol. The van der Waals surface area contributed by atoms with E-state index in [2.05, 4.69) is 12.1 Å². The first kappa shape index (κ1) is 15.7. The quantitative estimate of drug-likeness (QED) is 0.854. The summed E-state index contributed by atoms with van der Waals surface area (Å²) in [6, 6.07) is 10.4. The van der Waals surface area contributed by atoms with Crippen molar-refractivity contribution in [3.63, 3.8) is 0 Å². The van der Waals surface area contributed by atoms with Crippen LogP contribution in [0.1, 0.15) is 44.1 Å². The number of rotatable bonds is 4. The molecule has 0 N–H and O–H groups in total. The summed E-state index contributed by atoms with van der Waals surface area (Å²) in [7, 11) is 1.96. The van der Waals surface area contributed by atoms with Crippen molar-refractivity contribution in [2.24, 2.45) is 11.8 Å². The highest BCUT2D eigenvalue weighted by Crippen LogP contribution is 2.42. The highest BCUT2D eigenvalue weighted by Gasteiger charge is 2.46. The van der Waals surface area contributed by atoms with Crippen LogP contribution in [0.2, 0.25) is 0 Å². The zero-order chi connectivity index (χ0) is 16.7. The lowest BCUT2D eigenvalue weighted by atomic mass is 9.79. The number of carbonyl (C=O) groups excluding carboxylic acids is 2. The standard InChI is InChI=1S/C20H26N2O2/c1-21(18(23)15-7-8-15)20(17-5-3-2-4-6-17)11-13-22(14-12-20)19(24)16-9-10-16/h2-6,15-16H,7-14H2,1H3. The van der Waals surface area contributed by atoms with Crippen LogP contribution in [-0.2, 0) is 15.1 Å². The molecule has 3 fully saturated rings. The molecule has 4 rings (SSSR count). The van der Waals surface area contributed by atoms with Crippen LogP contribution in [0.25, 0.3) is 0 Å². The number of nitrogens with zero attached hydrogens (tertiary/aromatic N) is 2. The molecule has 2 amide bonds. The van der Waals surface area contributed by atoms with Gasteiger partial charge in [-0.05, 0) is 44.1 Å². The van der Waals surface area contributed by atoms with Crippen LogP contribution < -0.4 is 0 Å². The molecule has 0 atom stereocenters. The molecule has 4 nitrogen and oxygen atoms in total. The molecule has 1 aliphatic heterocycles. The molecule has 0 aromatic heterocycles. The van der Waals surface area contributed by atoms with Crippen molar-refractivity contribution in [3.05, 3.63) is 35.9 Å². The third-order valence-corrected chi connectivity index (χ3v) is 6.04. The first-order valence-corrected chi connectivity index (χ1v) is 9.24. The van der Waals surface area contributed by atoms with Crippen LogP contribution in [0.5, 0.6) is 0 Å². The molecule has 24 heavy (non-hydrogen) atoms. The lowest BCUT2D eigenvalue weighted by Gasteiger charge is -2.48. The molecule has 4 heteroatoms. The van der Waals surface area contributed by atoms with Gasteiger partial charge in [0.25, 0.3) is 0 Å². The molecule has 1 aromatic carbocycles. The van der Waals surface area contributed by atoms with Gasteiger partial charge < -0.3 is 9.80 Å². The minimum absolute atomic E-state index is 0.224. The summed E-state index contributed by atoms with van der Waals surface area (Å²) >= 11 is 0. The van der Waals surface area contributed by atoms with Crippen molar-refractivity contribution < 1.29 is 9.59 Å². The maximum absolute atomic E-state index is 12.8. The second-order valence-electron chi connectivity index (χ2n) is 7.67. The Hall–Kier alpha value is -1.84. The summed E-state index contributed by atoms with van der Waals surface area (Å²) in [5.74, 6) is 1.11. The van der Waals surface area contributed by atoms with Crippen LogP contribution in [0, 0.1) is 11.8 Å². The maximum Gasteiger partial charge on any atom is 0.226 e. The first-order valence-electron chi connectivity index (χ1n) is 9.24. The number of piperidine rings is 1. The molecule has 0 spiro atoms. The van der Waals surface area contributed by atoms with E-state index in [9.17, 15) is 9.59 Å². The van der Waals surface area contributed by atoms with Crippen LogP contribution in [0.3, 0.4) is 0 Å². The van der Waals surface area contributed by atoms with E-state index in [0.29, 0.717) is 5.91 Å². The van der Waals surface area contributed by atoms with Gasteiger partial charge in [-0.3, -0.25) is 9.59 Å². The number of carbonyl (C=O) groups is 2. The Balaban J connectivity index is 1.58. The SMILES string of the molecule is CN(C(=O)C1CC1)C1(c2ccccc2)CCN(C(=O)C2CC2)CC1.